The van der Waals surface area contributed by atoms with Crippen LogP contribution >= 0.6 is 15.9 Å². The van der Waals surface area contributed by atoms with Crippen molar-refractivity contribution in [2.75, 3.05) is 6.54 Å². The summed E-state index contributed by atoms with van der Waals surface area (Å²) in [6.07, 6.45) is 2.18. The van der Waals surface area contributed by atoms with Crippen molar-refractivity contribution in [1.29, 1.82) is 0 Å². The van der Waals surface area contributed by atoms with Gasteiger partial charge in [-0.3, -0.25) is 0 Å². The zero-order valence-corrected chi connectivity index (χ0v) is 11.7. The fourth-order valence-corrected chi connectivity index (χ4v) is 2.51. The number of nitrogens with zero attached hydrogens (tertiary/aromatic N) is 2. The van der Waals surface area contributed by atoms with Crippen LogP contribution in [0.5, 0.6) is 0 Å². The van der Waals surface area contributed by atoms with Crippen molar-refractivity contribution in [1.82, 2.24) is 15.5 Å². The summed E-state index contributed by atoms with van der Waals surface area (Å²) in [5, 5.41) is 7.48. The number of nitrogens with one attached hydrogen (secondary N) is 1. The largest absolute Gasteiger partial charge is 0.337 e. The monoisotopic (exact) mass is 307 g/mol. The quantitative estimate of drug-likeness (QED) is 0.926. The molecule has 3 rings (SSSR count). The third-order valence-electron chi connectivity index (χ3n) is 3.37. The summed E-state index contributed by atoms with van der Waals surface area (Å²) in [7, 11) is 0. The number of benzene rings is 1. The molecule has 0 amide bonds. The van der Waals surface area contributed by atoms with Crippen LogP contribution in [0.4, 0.5) is 0 Å². The molecule has 1 aromatic carbocycles. The molecule has 1 unspecified atom stereocenters. The molecule has 0 saturated carbocycles. The van der Waals surface area contributed by atoms with Crippen LogP contribution in [0, 0.1) is 0 Å². The van der Waals surface area contributed by atoms with Gasteiger partial charge in [0.05, 0.1) is 5.54 Å². The Hall–Kier alpha value is -1.20. The molecule has 1 N–H and O–H groups in total. The van der Waals surface area contributed by atoms with Crippen LogP contribution < -0.4 is 5.32 Å². The molecule has 1 atom stereocenters. The lowest BCUT2D eigenvalue weighted by atomic mass is 10.0. The molecule has 2 heterocycles. The topological polar surface area (TPSA) is 51.0 Å². The number of hydrogen-bond acceptors (Lipinski definition) is 4. The Morgan fingerprint density at radius 3 is 2.78 bits per heavy atom. The van der Waals surface area contributed by atoms with Gasteiger partial charge >= 0.3 is 0 Å². The second kappa shape index (κ2) is 4.48. The Bertz CT molecular complexity index is 544. The summed E-state index contributed by atoms with van der Waals surface area (Å²) in [6.45, 7) is 3.12. The molecule has 1 saturated heterocycles. The van der Waals surface area contributed by atoms with E-state index in [1.807, 2.05) is 24.3 Å². The van der Waals surface area contributed by atoms with E-state index in [0.717, 1.165) is 29.4 Å². The van der Waals surface area contributed by atoms with E-state index in [1.54, 1.807) is 0 Å². The van der Waals surface area contributed by atoms with Gasteiger partial charge in [0.1, 0.15) is 0 Å². The molecular formula is C13H14BrN3O. The van der Waals surface area contributed by atoms with E-state index in [1.165, 1.54) is 0 Å². The van der Waals surface area contributed by atoms with Crippen LogP contribution in [0.3, 0.4) is 0 Å². The van der Waals surface area contributed by atoms with E-state index in [2.05, 4.69) is 38.3 Å². The van der Waals surface area contributed by atoms with E-state index in [-0.39, 0.29) is 5.54 Å². The first-order valence-corrected chi connectivity index (χ1v) is 6.82. The molecule has 1 aliphatic rings. The zero-order chi connectivity index (χ0) is 12.6. The van der Waals surface area contributed by atoms with Crippen molar-refractivity contribution >= 4 is 15.9 Å². The standard InChI is InChI=1S/C13H14BrN3O/c1-13(7-2-8-15-13)12-16-11(17-18-12)9-3-5-10(14)6-4-9/h3-6,15H,2,7-8H2,1H3. The molecule has 4 nitrogen and oxygen atoms in total. The molecular weight excluding hydrogens is 294 g/mol. The number of aromatic nitrogens is 2. The average molecular weight is 308 g/mol. The van der Waals surface area contributed by atoms with Crippen molar-refractivity contribution in [3.05, 3.63) is 34.6 Å². The van der Waals surface area contributed by atoms with Gasteiger partial charge in [-0.05, 0) is 50.6 Å². The Morgan fingerprint density at radius 1 is 1.33 bits per heavy atom. The van der Waals surface area contributed by atoms with E-state index >= 15 is 0 Å². The van der Waals surface area contributed by atoms with Gasteiger partial charge in [0.2, 0.25) is 11.7 Å². The fraction of sp³-hybridized carbons (Fsp3) is 0.385. The number of hydrogen-bond donors (Lipinski definition) is 1. The minimum absolute atomic E-state index is 0.166. The summed E-state index contributed by atoms with van der Waals surface area (Å²) in [5.41, 5.74) is 0.801. The maximum absolute atomic E-state index is 5.40. The second-order valence-electron chi connectivity index (χ2n) is 4.79. The summed E-state index contributed by atoms with van der Waals surface area (Å²) in [4.78, 5) is 4.51. The maximum Gasteiger partial charge on any atom is 0.246 e. The predicted molar refractivity (Wildman–Crippen MR) is 72.0 cm³/mol. The summed E-state index contributed by atoms with van der Waals surface area (Å²) in [6, 6.07) is 7.90. The first-order valence-electron chi connectivity index (χ1n) is 6.02. The lowest BCUT2D eigenvalue weighted by Gasteiger charge is -2.18. The lowest BCUT2D eigenvalue weighted by Crippen LogP contribution is -2.33. The first-order chi connectivity index (χ1) is 8.67. The van der Waals surface area contributed by atoms with Gasteiger partial charge in [-0.25, -0.2) is 0 Å². The third kappa shape index (κ3) is 2.08. The van der Waals surface area contributed by atoms with Crippen molar-refractivity contribution in [2.24, 2.45) is 0 Å². The van der Waals surface area contributed by atoms with Crippen molar-refractivity contribution in [3.8, 4) is 11.4 Å². The van der Waals surface area contributed by atoms with Crippen LogP contribution in [0.25, 0.3) is 11.4 Å². The molecule has 5 heteroatoms. The van der Waals surface area contributed by atoms with Crippen molar-refractivity contribution in [2.45, 2.75) is 25.3 Å². The highest BCUT2D eigenvalue weighted by Crippen LogP contribution is 2.30. The molecule has 1 aromatic heterocycles. The lowest BCUT2D eigenvalue weighted by molar-refractivity contribution is 0.275. The van der Waals surface area contributed by atoms with Gasteiger partial charge in [0, 0.05) is 10.0 Å². The van der Waals surface area contributed by atoms with Crippen LogP contribution in [0.2, 0.25) is 0 Å². The molecule has 0 spiro atoms. The van der Waals surface area contributed by atoms with E-state index < -0.39 is 0 Å². The molecule has 2 aromatic rings. The SMILES string of the molecule is CC1(c2nc(-c3ccc(Br)cc3)no2)CCCN1. The van der Waals surface area contributed by atoms with Crippen molar-refractivity contribution in [3.63, 3.8) is 0 Å². The highest BCUT2D eigenvalue weighted by atomic mass is 79.9. The summed E-state index contributed by atoms with van der Waals surface area (Å²) < 4.78 is 6.44. The van der Waals surface area contributed by atoms with Gasteiger partial charge in [0.25, 0.3) is 0 Å². The van der Waals surface area contributed by atoms with Gasteiger partial charge in [-0.2, -0.15) is 4.98 Å². The average Bonchev–Trinajstić information content (AvgIpc) is 2.99. The Balaban J connectivity index is 1.91. The van der Waals surface area contributed by atoms with Gasteiger partial charge in [0.15, 0.2) is 0 Å². The molecule has 0 aliphatic carbocycles. The zero-order valence-electron chi connectivity index (χ0n) is 10.1. The van der Waals surface area contributed by atoms with Gasteiger partial charge in [-0.15, -0.1) is 0 Å². The van der Waals surface area contributed by atoms with Crippen LogP contribution in [0.1, 0.15) is 25.7 Å². The molecule has 0 bridgehead atoms. The van der Waals surface area contributed by atoms with Crippen LogP contribution in [-0.4, -0.2) is 16.7 Å². The Morgan fingerprint density at radius 2 is 2.11 bits per heavy atom. The van der Waals surface area contributed by atoms with Crippen molar-refractivity contribution < 1.29 is 4.52 Å². The molecule has 1 fully saturated rings. The molecule has 1 aliphatic heterocycles. The van der Waals surface area contributed by atoms with E-state index in [4.69, 9.17) is 4.52 Å². The fourth-order valence-electron chi connectivity index (χ4n) is 2.24. The van der Waals surface area contributed by atoms with Gasteiger partial charge in [-0.1, -0.05) is 21.1 Å². The minimum atomic E-state index is -0.166. The normalized spacial score (nSPS) is 23.4. The van der Waals surface area contributed by atoms with Gasteiger partial charge < -0.3 is 9.84 Å². The smallest absolute Gasteiger partial charge is 0.246 e. The molecule has 0 radical (unpaired) electrons. The van der Waals surface area contributed by atoms with E-state index in [0.29, 0.717) is 11.7 Å². The highest BCUT2D eigenvalue weighted by Gasteiger charge is 2.35. The van der Waals surface area contributed by atoms with E-state index in [9.17, 15) is 0 Å². The molecule has 18 heavy (non-hydrogen) atoms. The Kier molecular flexibility index (Phi) is 2.95. The Labute approximate surface area is 114 Å². The number of halogens is 1. The second-order valence-corrected chi connectivity index (χ2v) is 5.71. The maximum atomic E-state index is 5.40. The van der Waals surface area contributed by atoms with Crippen LogP contribution in [-0.2, 0) is 5.54 Å². The summed E-state index contributed by atoms with van der Waals surface area (Å²) in [5.74, 6) is 1.32. The first kappa shape index (κ1) is 11.9. The van der Waals surface area contributed by atoms with Crippen LogP contribution in [0.15, 0.2) is 33.3 Å². The highest BCUT2D eigenvalue weighted by molar-refractivity contribution is 9.10. The minimum Gasteiger partial charge on any atom is -0.337 e. The molecule has 94 valence electrons. The third-order valence-corrected chi connectivity index (χ3v) is 3.90. The number of rotatable bonds is 2. The summed E-state index contributed by atoms with van der Waals surface area (Å²) >= 11 is 3.41. The predicted octanol–water partition coefficient (Wildman–Crippen LogP) is 3.10.